The minimum atomic E-state index is -5.41. The first kappa shape index (κ1) is 30.1. The number of benzene rings is 1. The molecule has 230 valence electrons. The van der Waals surface area contributed by atoms with Gasteiger partial charge < -0.3 is 14.1 Å². The van der Waals surface area contributed by atoms with E-state index in [1.165, 1.54) is 41.0 Å². The van der Waals surface area contributed by atoms with Crippen LogP contribution in [0, 0.1) is 5.92 Å². The van der Waals surface area contributed by atoms with E-state index < -0.39 is 22.2 Å². The normalized spacial score (nSPS) is 18.0. The van der Waals surface area contributed by atoms with E-state index >= 15 is 0 Å². The average molecular weight is 655 g/mol. The predicted octanol–water partition coefficient (Wildman–Crippen LogP) is 6.06. The van der Waals surface area contributed by atoms with E-state index in [2.05, 4.69) is 9.74 Å². The number of alkyl halides is 3. The summed E-state index contributed by atoms with van der Waals surface area (Å²) in [6.45, 7) is 2.86. The summed E-state index contributed by atoms with van der Waals surface area (Å²) >= 11 is 2.33. The third-order valence-corrected chi connectivity index (χ3v) is 11.5. The van der Waals surface area contributed by atoms with Gasteiger partial charge in [0.1, 0.15) is 14.9 Å². The number of para-hydroxylation sites is 1. The highest BCUT2D eigenvalue weighted by Crippen LogP contribution is 2.42. The maximum Gasteiger partial charge on any atom is 0.493 e. The van der Waals surface area contributed by atoms with Crippen molar-refractivity contribution >= 4 is 55.3 Å². The predicted molar refractivity (Wildman–Crippen MR) is 157 cm³/mol. The van der Waals surface area contributed by atoms with Gasteiger partial charge in [-0.1, -0.05) is 22.7 Å². The summed E-state index contributed by atoms with van der Waals surface area (Å²) in [5, 5.41) is 2.77. The van der Waals surface area contributed by atoms with Crippen LogP contribution in [0.25, 0.3) is 21.6 Å². The van der Waals surface area contributed by atoms with Gasteiger partial charge in [0.05, 0.1) is 17.8 Å². The van der Waals surface area contributed by atoms with Gasteiger partial charge in [0.15, 0.2) is 0 Å². The lowest BCUT2D eigenvalue weighted by atomic mass is 10.2. The van der Waals surface area contributed by atoms with Gasteiger partial charge in [0.25, 0.3) is 0 Å². The van der Waals surface area contributed by atoms with Crippen LogP contribution in [0.2, 0.25) is 0 Å². The summed E-state index contributed by atoms with van der Waals surface area (Å²) in [6.07, 6.45) is 0.540. The van der Waals surface area contributed by atoms with Crippen LogP contribution >= 0.6 is 22.7 Å². The first-order valence-corrected chi connectivity index (χ1v) is 16.9. The third kappa shape index (κ3) is 6.18. The number of hydrogen-bond acceptors (Lipinski definition) is 9. The average Bonchev–Trinajstić information content (AvgIpc) is 3.40. The van der Waals surface area contributed by atoms with Crippen LogP contribution in [0.3, 0.4) is 0 Å². The first-order chi connectivity index (χ1) is 20.6. The van der Waals surface area contributed by atoms with Crippen molar-refractivity contribution in [1.29, 1.82) is 0 Å². The van der Waals surface area contributed by atoms with Crippen LogP contribution in [-0.2, 0) is 37.5 Å². The standard InChI is InChI=1S/C28H29F3N4O5S3/c1-39-17-20-6-3-11-33(20)16-21-14-32-26(42-21)23-13-19-5-2-7-22(25(19)34(23)15-18-9-10-18)35(40-27(36)28(29,30)31)43(37,38)24-8-4-12-41-24/h2,4-5,7-8,12-14,18,20H,3,6,9-11,15-17H2,1H3/t20-/m0/s1. The lowest BCUT2D eigenvalue weighted by Crippen LogP contribution is -2.38. The molecule has 1 saturated heterocycles. The van der Waals surface area contributed by atoms with Gasteiger partial charge >= 0.3 is 22.2 Å². The lowest BCUT2D eigenvalue weighted by Gasteiger charge is -2.24. The van der Waals surface area contributed by atoms with Crippen LogP contribution in [0.5, 0.6) is 0 Å². The van der Waals surface area contributed by atoms with E-state index in [4.69, 9.17) is 9.72 Å². The number of fused-ring (bicyclic) bond motifs is 1. The van der Waals surface area contributed by atoms with Gasteiger partial charge in [0, 0.05) is 42.7 Å². The van der Waals surface area contributed by atoms with Gasteiger partial charge in [-0.25, -0.2) is 9.78 Å². The number of ether oxygens (including phenoxy) is 1. The number of thiophene rings is 1. The van der Waals surface area contributed by atoms with Crippen molar-refractivity contribution in [2.45, 2.75) is 55.2 Å². The molecule has 0 spiro atoms. The molecule has 15 heteroatoms. The Bertz CT molecular complexity index is 1710. The number of rotatable bonds is 11. The molecule has 4 aromatic rings. The van der Waals surface area contributed by atoms with Gasteiger partial charge in [-0.3, -0.25) is 4.90 Å². The number of halogens is 3. The van der Waals surface area contributed by atoms with Crippen LogP contribution in [-0.4, -0.2) is 61.3 Å². The molecular formula is C28H29F3N4O5S3. The number of aromatic nitrogens is 2. The van der Waals surface area contributed by atoms with Crippen LogP contribution in [0.4, 0.5) is 18.9 Å². The highest BCUT2D eigenvalue weighted by molar-refractivity contribution is 7.94. The Morgan fingerprint density at radius 3 is 2.70 bits per heavy atom. The fraction of sp³-hybridized carbons (Fsp3) is 0.429. The molecule has 9 nitrogen and oxygen atoms in total. The van der Waals surface area contributed by atoms with Crippen molar-refractivity contribution in [1.82, 2.24) is 14.5 Å². The second-order valence-electron chi connectivity index (χ2n) is 10.7. The number of sulfonamides is 1. The van der Waals surface area contributed by atoms with Crippen molar-refractivity contribution in [3.8, 4) is 10.7 Å². The number of carbonyl (C=O) groups excluding carboxylic acids is 1. The van der Waals surface area contributed by atoms with Gasteiger partial charge in [-0.2, -0.15) is 21.6 Å². The molecule has 1 aliphatic carbocycles. The van der Waals surface area contributed by atoms with Gasteiger partial charge in [0.2, 0.25) is 0 Å². The molecule has 1 aliphatic heterocycles. The molecule has 1 saturated carbocycles. The van der Waals surface area contributed by atoms with E-state index in [0.717, 1.165) is 60.7 Å². The van der Waals surface area contributed by atoms with E-state index in [-0.39, 0.29) is 14.4 Å². The first-order valence-electron chi connectivity index (χ1n) is 13.7. The zero-order valence-electron chi connectivity index (χ0n) is 23.1. The quantitative estimate of drug-likeness (QED) is 0.182. The molecule has 6 rings (SSSR count). The summed E-state index contributed by atoms with van der Waals surface area (Å²) in [4.78, 5) is 24.8. The Balaban J connectivity index is 1.44. The number of hydrogen-bond donors (Lipinski definition) is 0. The van der Waals surface area contributed by atoms with Crippen molar-refractivity contribution in [2.75, 3.05) is 24.7 Å². The van der Waals surface area contributed by atoms with E-state index in [1.54, 1.807) is 13.2 Å². The highest BCUT2D eigenvalue weighted by Gasteiger charge is 2.45. The topological polar surface area (TPSA) is 94.0 Å². The fourth-order valence-corrected chi connectivity index (χ4v) is 8.66. The smallest absolute Gasteiger partial charge is 0.383 e. The minimum Gasteiger partial charge on any atom is -0.383 e. The molecular weight excluding hydrogens is 626 g/mol. The molecule has 0 unspecified atom stereocenters. The Morgan fingerprint density at radius 1 is 1.19 bits per heavy atom. The van der Waals surface area contributed by atoms with Crippen molar-refractivity contribution in [3.05, 3.63) is 52.9 Å². The molecule has 3 aromatic heterocycles. The zero-order valence-corrected chi connectivity index (χ0v) is 25.6. The molecule has 1 atom stereocenters. The molecule has 0 bridgehead atoms. The monoisotopic (exact) mass is 654 g/mol. The molecule has 43 heavy (non-hydrogen) atoms. The van der Waals surface area contributed by atoms with Crippen LogP contribution in [0.15, 0.2) is 52.2 Å². The largest absolute Gasteiger partial charge is 0.493 e. The number of thiazole rings is 1. The summed E-state index contributed by atoms with van der Waals surface area (Å²) in [5.41, 5.74) is 0.874. The van der Waals surface area contributed by atoms with Crippen molar-refractivity contribution in [3.63, 3.8) is 0 Å². The van der Waals surface area contributed by atoms with E-state index in [1.807, 2.05) is 16.8 Å². The van der Waals surface area contributed by atoms with Gasteiger partial charge in [-0.15, -0.1) is 22.7 Å². The molecule has 0 radical (unpaired) electrons. The van der Waals surface area contributed by atoms with Crippen LogP contribution < -0.4 is 4.47 Å². The molecule has 2 fully saturated rings. The third-order valence-electron chi connectivity index (χ3n) is 7.59. The summed E-state index contributed by atoms with van der Waals surface area (Å²) in [7, 11) is -3.00. The summed E-state index contributed by atoms with van der Waals surface area (Å²) in [6, 6.07) is 9.53. The Labute approximate surface area is 254 Å². The molecule has 2 aliphatic rings. The molecule has 1 aromatic carbocycles. The number of nitrogens with zero attached hydrogens (tertiary/aromatic N) is 4. The van der Waals surface area contributed by atoms with Crippen LogP contribution in [0.1, 0.15) is 30.6 Å². The Kier molecular flexibility index (Phi) is 8.28. The Morgan fingerprint density at radius 2 is 2.00 bits per heavy atom. The van der Waals surface area contributed by atoms with E-state index in [0.29, 0.717) is 41.0 Å². The lowest BCUT2D eigenvalue weighted by molar-refractivity contribution is -0.199. The van der Waals surface area contributed by atoms with Crippen molar-refractivity contribution < 1.29 is 36.0 Å². The second kappa shape index (κ2) is 11.8. The summed E-state index contributed by atoms with van der Waals surface area (Å²) in [5.74, 6) is -2.32. The Hall–Kier alpha value is -2.98. The summed E-state index contributed by atoms with van der Waals surface area (Å²) < 4.78 is 74.4. The fourth-order valence-electron chi connectivity index (χ4n) is 5.41. The molecule has 0 N–H and O–H groups in total. The molecule has 0 amide bonds. The maximum absolute atomic E-state index is 13.6. The van der Waals surface area contributed by atoms with Crippen molar-refractivity contribution in [2.24, 2.45) is 5.92 Å². The zero-order chi connectivity index (χ0) is 30.4. The number of anilines is 1. The molecule has 4 heterocycles. The number of likely N-dealkylation sites (tertiary alicyclic amines) is 1. The number of methoxy groups -OCH3 is 1. The highest BCUT2D eigenvalue weighted by atomic mass is 32.2. The SMILES string of the molecule is COC[C@@H]1CCCN1Cc1cnc(-c2cc3cccc(N(OC(=O)C(F)(F)F)S(=O)(=O)c4cccs4)c3n2CC2CC2)s1. The van der Waals surface area contributed by atoms with E-state index in [9.17, 15) is 26.4 Å². The van der Waals surface area contributed by atoms with Gasteiger partial charge in [-0.05, 0) is 61.7 Å². The maximum atomic E-state index is 13.6. The number of carbonyl (C=O) groups is 1. The minimum absolute atomic E-state index is 0.112. The second-order valence-corrected chi connectivity index (χ2v) is 14.7.